The molecule has 1 heterocycles. The lowest BCUT2D eigenvalue weighted by Crippen LogP contribution is -2.31. The van der Waals surface area contributed by atoms with E-state index in [1.54, 1.807) is 30.3 Å². The summed E-state index contributed by atoms with van der Waals surface area (Å²) >= 11 is 6.51. The molecule has 0 atom stereocenters. The van der Waals surface area contributed by atoms with Gasteiger partial charge in [0.1, 0.15) is 10.1 Å². The fraction of sp³-hybridized carbons (Fsp3) is 0.227. The number of thioether (sulfide) groups is 1. The number of methoxy groups -OCH3 is 3. The van der Waals surface area contributed by atoms with E-state index in [-0.39, 0.29) is 30.5 Å². The predicted molar refractivity (Wildman–Crippen MR) is 127 cm³/mol. The van der Waals surface area contributed by atoms with E-state index in [0.29, 0.717) is 37.7 Å². The Morgan fingerprint density at radius 1 is 1.12 bits per heavy atom. The van der Waals surface area contributed by atoms with Gasteiger partial charge >= 0.3 is 0 Å². The number of carbonyl (C=O) groups excluding carboxylic acids is 2. The van der Waals surface area contributed by atoms with Crippen molar-refractivity contribution in [1.29, 1.82) is 0 Å². The highest BCUT2D eigenvalue weighted by Gasteiger charge is 2.32. The van der Waals surface area contributed by atoms with E-state index in [0.717, 1.165) is 0 Å². The van der Waals surface area contributed by atoms with Crippen molar-refractivity contribution in [3.63, 3.8) is 0 Å². The van der Waals surface area contributed by atoms with Crippen molar-refractivity contribution in [1.82, 2.24) is 4.90 Å². The molecule has 0 unspecified atom stereocenters. The van der Waals surface area contributed by atoms with Gasteiger partial charge in [-0.1, -0.05) is 24.0 Å². The van der Waals surface area contributed by atoms with Crippen LogP contribution in [0.15, 0.2) is 41.3 Å². The van der Waals surface area contributed by atoms with Gasteiger partial charge in [-0.25, -0.2) is 0 Å². The summed E-state index contributed by atoms with van der Waals surface area (Å²) in [4.78, 5) is 26.9. The number of anilines is 1. The number of amides is 2. The van der Waals surface area contributed by atoms with Gasteiger partial charge in [0.25, 0.3) is 5.91 Å². The van der Waals surface area contributed by atoms with Gasteiger partial charge in [-0.05, 0) is 48.0 Å². The number of ether oxygens (including phenoxy) is 3. The van der Waals surface area contributed by atoms with Crippen LogP contribution in [0.2, 0.25) is 0 Å². The fourth-order valence-electron chi connectivity index (χ4n) is 3.01. The minimum absolute atomic E-state index is 0.0742. The minimum Gasteiger partial charge on any atom is -0.508 e. The van der Waals surface area contributed by atoms with Crippen molar-refractivity contribution >= 4 is 51.9 Å². The maximum Gasteiger partial charge on any atom is 0.266 e. The van der Waals surface area contributed by atoms with Crippen LogP contribution in [-0.2, 0) is 9.59 Å². The Hall–Kier alpha value is -3.24. The fourth-order valence-corrected chi connectivity index (χ4v) is 4.32. The van der Waals surface area contributed by atoms with Crippen molar-refractivity contribution < 1.29 is 28.9 Å². The van der Waals surface area contributed by atoms with E-state index in [2.05, 4.69) is 5.32 Å². The van der Waals surface area contributed by atoms with Crippen LogP contribution in [0.1, 0.15) is 12.0 Å². The summed E-state index contributed by atoms with van der Waals surface area (Å²) in [5, 5.41) is 12.0. The molecule has 0 bridgehead atoms. The molecular weight excluding hydrogens is 452 g/mol. The van der Waals surface area contributed by atoms with Gasteiger partial charge in [0, 0.05) is 18.7 Å². The normalized spacial score (nSPS) is 14.6. The summed E-state index contributed by atoms with van der Waals surface area (Å²) < 4.78 is 16.4. The van der Waals surface area contributed by atoms with Crippen LogP contribution in [0.5, 0.6) is 23.0 Å². The number of thiocarbonyl (C=S) groups is 1. The van der Waals surface area contributed by atoms with Crippen molar-refractivity contribution in [3.8, 4) is 23.0 Å². The Bertz CT molecular complexity index is 1040. The average Bonchev–Trinajstić information content (AvgIpc) is 3.05. The molecule has 32 heavy (non-hydrogen) atoms. The molecule has 0 aromatic heterocycles. The zero-order valence-electron chi connectivity index (χ0n) is 17.7. The van der Waals surface area contributed by atoms with E-state index < -0.39 is 0 Å². The second kappa shape index (κ2) is 10.4. The topological polar surface area (TPSA) is 97.3 Å². The summed E-state index contributed by atoms with van der Waals surface area (Å²) in [7, 11) is 4.55. The Labute approximate surface area is 195 Å². The molecule has 0 saturated carbocycles. The number of rotatable bonds is 8. The number of hydrogen-bond donors (Lipinski definition) is 2. The van der Waals surface area contributed by atoms with Crippen LogP contribution in [0.3, 0.4) is 0 Å². The molecule has 0 aliphatic carbocycles. The maximum atomic E-state index is 12.9. The second-order valence-electron chi connectivity index (χ2n) is 6.64. The molecule has 1 saturated heterocycles. The van der Waals surface area contributed by atoms with Crippen LogP contribution in [0.25, 0.3) is 6.08 Å². The first-order chi connectivity index (χ1) is 15.4. The van der Waals surface area contributed by atoms with Crippen molar-refractivity contribution in [2.45, 2.75) is 6.42 Å². The van der Waals surface area contributed by atoms with Crippen LogP contribution in [-0.4, -0.2) is 54.0 Å². The van der Waals surface area contributed by atoms with Crippen LogP contribution >= 0.6 is 24.0 Å². The van der Waals surface area contributed by atoms with Gasteiger partial charge in [0.15, 0.2) is 11.5 Å². The lowest BCUT2D eigenvalue weighted by molar-refractivity contribution is -0.122. The molecule has 2 N–H and O–H groups in total. The number of benzene rings is 2. The molecule has 2 amide bonds. The summed E-state index contributed by atoms with van der Waals surface area (Å²) in [6.07, 6.45) is 1.77. The van der Waals surface area contributed by atoms with Gasteiger partial charge in [-0.15, -0.1) is 0 Å². The molecule has 2 aromatic rings. The summed E-state index contributed by atoms with van der Waals surface area (Å²) in [5.41, 5.74) is 1.24. The van der Waals surface area contributed by atoms with E-state index in [1.807, 2.05) is 0 Å². The smallest absolute Gasteiger partial charge is 0.266 e. The molecule has 0 spiro atoms. The third-order valence-electron chi connectivity index (χ3n) is 4.57. The Morgan fingerprint density at radius 3 is 2.31 bits per heavy atom. The zero-order valence-corrected chi connectivity index (χ0v) is 19.3. The standard InChI is InChI=1S/C22H22N2O6S2/c1-28-16-10-13(11-17(29-2)20(16)30-3)12-18-21(27)24(22(31)32-18)9-8-19(26)23-14-4-6-15(25)7-5-14/h4-7,10-12,25H,8-9H2,1-3H3,(H,23,26)/b18-12+. The van der Waals surface area contributed by atoms with E-state index >= 15 is 0 Å². The number of nitrogens with one attached hydrogen (secondary N) is 1. The quantitative estimate of drug-likeness (QED) is 0.340. The summed E-state index contributed by atoms with van der Waals surface area (Å²) in [6, 6.07) is 9.61. The lowest BCUT2D eigenvalue weighted by atomic mass is 10.1. The number of nitrogens with zero attached hydrogens (tertiary/aromatic N) is 1. The number of carbonyl (C=O) groups is 2. The van der Waals surface area contributed by atoms with Gasteiger partial charge in [0.05, 0.1) is 26.2 Å². The predicted octanol–water partition coefficient (Wildman–Crippen LogP) is 3.65. The largest absolute Gasteiger partial charge is 0.508 e. The molecule has 1 aliphatic rings. The van der Waals surface area contributed by atoms with Gasteiger partial charge in [0.2, 0.25) is 11.7 Å². The molecule has 8 nitrogen and oxygen atoms in total. The van der Waals surface area contributed by atoms with E-state index in [9.17, 15) is 14.7 Å². The third-order valence-corrected chi connectivity index (χ3v) is 5.95. The summed E-state index contributed by atoms with van der Waals surface area (Å²) in [5.74, 6) is 0.974. The highest BCUT2D eigenvalue weighted by molar-refractivity contribution is 8.26. The first kappa shape index (κ1) is 23.4. The number of hydrogen-bond acceptors (Lipinski definition) is 8. The highest BCUT2D eigenvalue weighted by atomic mass is 32.2. The zero-order chi connectivity index (χ0) is 23.3. The maximum absolute atomic E-state index is 12.9. The molecule has 0 radical (unpaired) electrons. The highest BCUT2D eigenvalue weighted by Crippen LogP contribution is 2.40. The Kier molecular flexibility index (Phi) is 7.60. The number of aromatic hydroxyl groups is 1. The molecule has 1 fully saturated rings. The molecule has 3 rings (SSSR count). The molecular formula is C22H22N2O6S2. The average molecular weight is 475 g/mol. The van der Waals surface area contributed by atoms with Crippen molar-refractivity contribution in [3.05, 3.63) is 46.9 Å². The van der Waals surface area contributed by atoms with Crippen molar-refractivity contribution in [2.75, 3.05) is 33.2 Å². The van der Waals surface area contributed by atoms with Gasteiger partial charge in [-0.3, -0.25) is 14.5 Å². The second-order valence-corrected chi connectivity index (χ2v) is 8.31. The first-order valence-corrected chi connectivity index (χ1v) is 10.7. The lowest BCUT2D eigenvalue weighted by Gasteiger charge is -2.14. The van der Waals surface area contributed by atoms with Gasteiger partial charge in [-0.2, -0.15) is 0 Å². The molecule has 10 heteroatoms. The number of phenols is 1. The minimum atomic E-state index is -0.272. The van der Waals surface area contributed by atoms with E-state index in [1.165, 1.54) is 50.1 Å². The summed E-state index contributed by atoms with van der Waals surface area (Å²) in [6.45, 7) is 0.154. The SMILES string of the molecule is COc1cc(/C=C2/SC(=S)N(CCC(=O)Nc3ccc(O)cc3)C2=O)cc(OC)c1OC. The van der Waals surface area contributed by atoms with Crippen LogP contribution < -0.4 is 19.5 Å². The third kappa shape index (κ3) is 5.32. The van der Waals surface area contributed by atoms with Crippen LogP contribution in [0, 0.1) is 0 Å². The Balaban J connectivity index is 1.69. The Morgan fingerprint density at radius 2 is 1.75 bits per heavy atom. The van der Waals surface area contributed by atoms with E-state index in [4.69, 9.17) is 26.4 Å². The molecule has 2 aromatic carbocycles. The molecule has 1 aliphatic heterocycles. The van der Waals surface area contributed by atoms with Crippen LogP contribution in [0.4, 0.5) is 5.69 Å². The first-order valence-electron chi connectivity index (χ1n) is 9.50. The molecule has 168 valence electrons. The number of phenolic OH excluding ortho intramolecular Hbond substituents is 1. The van der Waals surface area contributed by atoms with Crippen molar-refractivity contribution in [2.24, 2.45) is 0 Å². The van der Waals surface area contributed by atoms with Gasteiger partial charge < -0.3 is 24.6 Å². The monoisotopic (exact) mass is 474 g/mol.